The molecule has 0 unspecified atom stereocenters. The Labute approximate surface area is 106 Å². The maximum Gasteiger partial charge on any atom is 0.330 e. The first-order valence-corrected chi connectivity index (χ1v) is 5.52. The molecule has 0 aliphatic heterocycles. The topological polar surface area (TPSA) is 75.6 Å². The van der Waals surface area contributed by atoms with E-state index in [4.69, 9.17) is 9.84 Å². The van der Waals surface area contributed by atoms with Crippen molar-refractivity contribution in [3.05, 3.63) is 35.9 Å². The minimum Gasteiger partial charge on any atom is -0.479 e. The van der Waals surface area contributed by atoms with Crippen molar-refractivity contribution in [3.63, 3.8) is 0 Å². The van der Waals surface area contributed by atoms with Crippen LogP contribution in [0.4, 0.5) is 0 Å². The highest BCUT2D eigenvalue weighted by Gasteiger charge is 2.31. The summed E-state index contributed by atoms with van der Waals surface area (Å²) < 4.78 is 5.01. The van der Waals surface area contributed by atoms with Crippen LogP contribution < -0.4 is 5.32 Å². The molecule has 0 aliphatic rings. The molecule has 5 heteroatoms. The van der Waals surface area contributed by atoms with Gasteiger partial charge in [-0.15, -0.1) is 0 Å². The Balaban J connectivity index is 2.90. The fourth-order valence-electron chi connectivity index (χ4n) is 1.33. The molecule has 98 valence electrons. The summed E-state index contributed by atoms with van der Waals surface area (Å²) >= 11 is 0. The third kappa shape index (κ3) is 3.30. The molecule has 1 amide bonds. The third-order valence-corrected chi connectivity index (χ3v) is 2.71. The van der Waals surface area contributed by atoms with Crippen molar-refractivity contribution in [1.82, 2.24) is 5.32 Å². The zero-order valence-electron chi connectivity index (χ0n) is 10.6. The summed E-state index contributed by atoms with van der Waals surface area (Å²) in [6.45, 7) is 3.15. The standard InChI is InChI=1S/C13H17NO4/c1-13(2,18-3)12(17)14-10(11(15)16)9-7-5-4-6-8-9/h4-8,10H,1-3H3,(H,14,17)(H,15,16)/t10-/m1/s1. The molecule has 18 heavy (non-hydrogen) atoms. The molecule has 1 atom stereocenters. The summed E-state index contributed by atoms with van der Waals surface area (Å²) in [5.41, 5.74) is -0.548. The number of carbonyl (C=O) groups is 2. The second-order valence-corrected chi connectivity index (χ2v) is 4.37. The van der Waals surface area contributed by atoms with Gasteiger partial charge in [-0.1, -0.05) is 30.3 Å². The highest BCUT2D eigenvalue weighted by atomic mass is 16.5. The highest BCUT2D eigenvalue weighted by molar-refractivity contribution is 5.89. The lowest BCUT2D eigenvalue weighted by Gasteiger charge is -2.24. The molecule has 0 spiro atoms. The van der Waals surface area contributed by atoms with E-state index in [1.807, 2.05) is 0 Å². The smallest absolute Gasteiger partial charge is 0.330 e. The van der Waals surface area contributed by atoms with Crippen molar-refractivity contribution in [2.24, 2.45) is 0 Å². The fourth-order valence-corrected chi connectivity index (χ4v) is 1.33. The minimum absolute atomic E-state index is 0.471. The van der Waals surface area contributed by atoms with Crippen molar-refractivity contribution < 1.29 is 19.4 Å². The molecule has 0 saturated carbocycles. The van der Waals surface area contributed by atoms with Crippen LogP contribution in [0.3, 0.4) is 0 Å². The lowest BCUT2D eigenvalue weighted by Crippen LogP contribution is -2.46. The molecule has 0 aliphatic carbocycles. The van der Waals surface area contributed by atoms with Gasteiger partial charge in [-0.25, -0.2) is 4.79 Å². The summed E-state index contributed by atoms with van der Waals surface area (Å²) in [5.74, 6) is -1.58. The minimum atomic E-state index is -1.11. The van der Waals surface area contributed by atoms with Crippen molar-refractivity contribution in [2.45, 2.75) is 25.5 Å². The summed E-state index contributed by atoms with van der Waals surface area (Å²) in [7, 11) is 1.40. The van der Waals surface area contributed by atoms with Gasteiger partial charge in [0, 0.05) is 7.11 Å². The van der Waals surface area contributed by atoms with Crippen LogP contribution in [0.5, 0.6) is 0 Å². The molecular weight excluding hydrogens is 234 g/mol. The Morgan fingerprint density at radius 3 is 2.28 bits per heavy atom. The predicted molar refractivity (Wildman–Crippen MR) is 66.0 cm³/mol. The van der Waals surface area contributed by atoms with Crippen molar-refractivity contribution in [2.75, 3.05) is 7.11 Å². The van der Waals surface area contributed by atoms with Gasteiger partial charge in [0.2, 0.25) is 0 Å². The Morgan fingerprint density at radius 2 is 1.83 bits per heavy atom. The van der Waals surface area contributed by atoms with Gasteiger partial charge in [0.05, 0.1) is 0 Å². The van der Waals surface area contributed by atoms with Gasteiger partial charge in [-0.05, 0) is 19.4 Å². The number of carboxylic acids is 1. The van der Waals surface area contributed by atoms with E-state index in [9.17, 15) is 9.59 Å². The van der Waals surface area contributed by atoms with Gasteiger partial charge < -0.3 is 15.2 Å². The van der Waals surface area contributed by atoms with E-state index < -0.39 is 23.5 Å². The van der Waals surface area contributed by atoms with Crippen LogP contribution in [0, 0.1) is 0 Å². The highest BCUT2D eigenvalue weighted by Crippen LogP contribution is 2.15. The number of rotatable bonds is 5. The number of benzene rings is 1. The monoisotopic (exact) mass is 251 g/mol. The first-order valence-electron chi connectivity index (χ1n) is 5.52. The Hall–Kier alpha value is -1.88. The number of carboxylic acid groups (broad SMARTS) is 1. The largest absolute Gasteiger partial charge is 0.479 e. The molecule has 2 N–H and O–H groups in total. The molecule has 1 rings (SSSR count). The average Bonchev–Trinajstić information content (AvgIpc) is 2.36. The van der Waals surface area contributed by atoms with Crippen molar-refractivity contribution in [3.8, 4) is 0 Å². The van der Waals surface area contributed by atoms with Crippen LogP contribution in [0.2, 0.25) is 0 Å². The van der Waals surface area contributed by atoms with Crippen LogP contribution in [0.1, 0.15) is 25.5 Å². The van der Waals surface area contributed by atoms with E-state index in [2.05, 4.69) is 5.32 Å². The summed E-state index contributed by atoms with van der Waals surface area (Å²) in [5, 5.41) is 11.6. The maximum atomic E-state index is 11.9. The van der Waals surface area contributed by atoms with Gasteiger partial charge in [0.25, 0.3) is 5.91 Å². The number of hydrogen-bond donors (Lipinski definition) is 2. The molecule has 0 heterocycles. The molecule has 0 bridgehead atoms. The lowest BCUT2D eigenvalue weighted by atomic mass is 10.0. The first kappa shape index (κ1) is 14.2. The zero-order valence-corrected chi connectivity index (χ0v) is 10.6. The number of hydrogen-bond acceptors (Lipinski definition) is 3. The van der Waals surface area contributed by atoms with E-state index in [-0.39, 0.29) is 0 Å². The van der Waals surface area contributed by atoms with Crippen LogP contribution in [0.15, 0.2) is 30.3 Å². The number of aliphatic carboxylic acids is 1. The normalized spacial score (nSPS) is 12.8. The van der Waals surface area contributed by atoms with E-state index in [0.717, 1.165) is 0 Å². The van der Waals surface area contributed by atoms with Crippen LogP contribution >= 0.6 is 0 Å². The quantitative estimate of drug-likeness (QED) is 0.828. The number of amides is 1. The molecule has 0 saturated heterocycles. The number of nitrogens with one attached hydrogen (secondary N) is 1. The SMILES string of the molecule is COC(C)(C)C(=O)N[C@@H](C(=O)O)c1ccccc1. The Morgan fingerprint density at radius 1 is 1.28 bits per heavy atom. The molecule has 0 fully saturated rings. The van der Waals surface area contributed by atoms with E-state index in [1.165, 1.54) is 7.11 Å². The first-order chi connectivity index (χ1) is 8.38. The van der Waals surface area contributed by atoms with Crippen LogP contribution in [-0.2, 0) is 14.3 Å². The molecule has 0 radical (unpaired) electrons. The fraction of sp³-hybridized carbons (Fsp3) is 0.385. The molecule has 0 aromatic heterocycles. The van der Waals surface area contributed by atoms with E-state index in [0.29, 0.717) is 5.56 Å². The molecule has 1 aromatic rings. The second kappa shape index (κ2) is 5.64. The summed E-state index contributed by atoms with van der Waals surface area (Å²) in [6.07, 6.45) is 0. The van der Waals surface area contributed by atoms with E-state index in [1.54, 1.807) is 44.2 Å². The van der Waals surface area contributed by atoms with Crippen LogP contribution in [-0.4, -0.2) is 29.7 Å². The number of ether oxygens (including phenoxy) is 1. The van der Waals surface area contributed by atoms with Gasteiger partial charge in [-0.2, -0.15) is 0 Å². The third-order valence-electron chi connectivity index (χ3n) is 2.71. The van der Waals surface area contributed by atoms with Gasteiger partial charge in [0.1, 0.15) is 5.60 Å². The van der Waals surface area contributed by atoms with E-state index >= 15 is 0 Å². The number of carbonyl (C=O) groups excluding carboxylic acids is 1. The van der Waals surface area contributed by atoms with Crippen LogP contribution in [0.25, 0.3) is 0 Å². The molecule has 5 nitrogen and oxygen atoms in total. The Kier molecular flexibility index (Phi) is 4.44. The summed E-state index contributed by atoms with van der Waals surface area (Å²) in [6, 6.07) is 7.45. The molecule has 1 aromatic carbocycles. The molecular formula is C13H17NO4. The second-order valence-electron chi connectivity index (χ2n) is 4.37. The van der Waals surface area contributed by atoms with Crippen molar-refractivity contribution >= 4 is 11.9 Å². The zero-order chi connectivity index (χ0) is 13.8. The predicted octanol–water partition coefficient (Wildman–Crippen LogP) is 1.35. The lowest BCUT2D eigenvalue weighted by molar-refractivity contribution is -0.147. The Bertz CT molecular complexity index is 428. The maximum absolute atomic E-state index is 11.9. The number of methoxy groups -OCH3 is 1. The van der Waals surface area contributed by atoms with Gasteiger partial charge in [0.15, 0.2) is 6.04 Å². The van der Waals surface area contributed by atoms with Gasteiger partial charge >= 0.3 is 5.97 Å². The van der Waals surface area contributed by atoms with Crippen molar-refractivity contribution in [1.29, 1.82) is 0 Å². The average molecular weight is 251 g/mol. The van der Waals surface area contributed by atoms with Gasteiger partial charge in [-0.3, -0.25) is 4.79 Å². The summed E-state index contributed by atoms with van der Waals surface area (Å²) in [4.78, 5) is 23.1.